The van der Waals surface area contributed by atoms with E-state index >= 15 is 0 Å². The maximum absolute atomic E-state index is 10.4. The molecule has 0 fully saturated rings. The predicted molar refractivity (Wildman–Crippen MR) is 45.5 cm³/mol. The molecule has 0 aliphatic heterocycles. The molecule has 0 N–H and O–H groups in total. The number of carbonyl (C=O) groups is 1. The molecule has 1 rings (SSSR count). The molecule has 5 nitrogen and oxygen atoms in total. The van der Waals surface area contributed by atoms with E-state index in [9.17, 15) is 9.70 Å². The maximum Gasteiger partial charge on any atom is 0.323 e. The van der Waals surface area contributed by atoms with Crippen LogP contribution in [0.4, 0.5) is 0 Å². The van der Waals surface area contributed by atoms with E-state index in [1.54, 1.807) is 0 Å². The molecular weight excluding hydrogens is 196 g/mol. The number of ether oxygens (including phenoxy) is 1. The fourth-order valence-corrected chi connectivity index (χ4v) is 0.810. The van der Waals surface area contributed by atoms with E-state index in [0.717, 1.165) is 0 Å². The van der Waals surface area contributed by atoms with Gasteiger partial charge < -0.3 is 4.74 Å². The molecule has 1 amide bonds. The molecule has 1 heterocycles. The predicted octanol–water partition coefficient (Wildman–Crippen LogP) is 1.41. The Morgan fingerprint density at radius 3 is 3.08 bits per heavy atom. The van der Waals surface area contributed by atoms with Crippen molar-refractivity contribution in [2.24, 2.45) is 5.18 Å². The Morgan fingerprint density at radius 2 is 2.46 bits per heavy atom. The molecule has 1 aromatic rings. The van der Waals surface area contributed by atoms with Gasteiger partial charge in [-0.1, -0.05) is 11.6 Å². The second kappa shape index (κ2) is 4.51. The number of amides is 1. The molecule has 13 heavy (non-hydrogen) atoms. The van der Waals surface area contributed by atoms with E-state index in [1.165, 1.54) is 18.3 Å². The van der Waals surface area contributed by atoms with Crippen molar-refractivity contribution in [1.82, 2.24) is 4.98 Å². The van der Waals surface area contributed by atoms with Crippen LogP contribution in [0.15, 0.2) is 23.5 Å². The van der Waals surface area contributed by atoms with E-state index < -0.39 is 5.91 Å². The Morgan fingerprint density at radius 1 is 1.69 bits per heavy atom. The third-order valence-electron chi connectivity index (χ3n) is 1.16. The van der Waals surface area contributed by atoms with Crippen LogP contribution in [0.5, 0.6) is 5.75 Å². The van der Waals surface area contributed by atoms with Crippen LogP contribution in [0.2, 0.25) is 5.15 Å². The number of nitrogens with zero attached hydrogens (tertiary/aromatic N) is 2. The van der Waals surface area contributed by atoms with Crippen molar-refractivity contribution in [3.63, 3.8) is 0 Å². The van der Waals surface area contributed by atoms with Crippen LogP contribution in [0.3, 0.4) is 0 Å². The Hall–Kier alpha value is -1.49. The van der Waals surface area contributed by atoms with Gasteiger partial charge in [0.2, 0.25) is 0 Å². The molecule has 68 valence electrons. The summed E-state index contributed by atoms with van der Waals surface area (Å²) in [6.45, 7) is -0.385. The summed E-state index contributed by atoms with van der Waals surface area (Å²) in [6.07, 6.45) is 1.43. The van der Waals surface area contributed by atoms with Gasteiger partial charge in [-0.15, -0.1) is 4.91 Å². The Labute approximate surface area is 78.7 Å². The van der Waals surface area contributed by atoms with Gasteiger partial charge in [0.1, 0.15) is 10.9 Å². The lowest BCUT2D eigenvalue weighted by Gasteiger charge is -2.01. The number of hydrogen-bond donors (Lipinski definition) is 0. The molecule has 0 unspecified atom stereocenters. The van der Waals surface area contributed by atoms with Gasteiger partial charge in [0.25, 0.3) is 0 Å². The smallest absolute Gasteiger partial charge is 0.323 e. The molecule has 0 bridgehead atoms. The molecule has 0 aliphatic rings. The molecule has 0 atom stereocenters. The lowest BCUT2D eigenvalue weighted by molar-refractivity contribution is -0.119. The molecule has 0 saturated carbocycles. The highest BCUT2D eigenvalue weighted by molar-refractivity contribution is 6.29. The molecule has 6 heteroatoms. The molecule has 0 aliphatic carbocycles. The van der Waals surface area contributed by atoms with Crippen molar-refractivity contribution in [1.29, 1.82) is 0 Å². The first-order chi connectivity index (χ1) is 6.22. The first-order valence-electron chi connectivity index (χ1n) is 3.33. The zero-order valence-corrected chi connectivity index (χ0v) is 7.19. The van der Waals surface area contributed by atoms with Gasteiger partial charge in [-0.3, -0.25) is 4.79 Å². The van der Waals surface area contributed by atoms with Crippen LogP contribution in [0, 0.1) is 4.91 Å². The summed E-state index contributed by atoms with van der Waals surface area (Å²) in [7, 11) is 0. The normalized spacial score (nSPS) is 9.31. The Kier molecular flexibility index (Phi) is 3.33. The van der Waals surface area contributed by atoms with E-state index in [4.69, 9.17) is 16.3 Å². The van der Waals surface area contributed by atoms with Crippen molar-refractivity contribution < 1.29 is 9.53 Å². The number of nitroso groups, excluding NO2 is 1. The second-order valence-electron chi connectivity index (χ2n) is 2.09. The van der Waals surface area contributed by atoms with Crippen molar-refractivity contribution in [3.05, 3.63) is 28.4 Å². The van der Waals surface area contributed by atoms with Gasteiger partial charge in [0, 0.05) is 17.4 Å². The molecule has 0 spiro atoms. The fourth-order valence-electron chi connectivity index (χ4n) is 0.646. The van der Waals surface area contributed by atoms with Crippen LogP contribution < -0.4 is 4.74 Å². The number of aromatic nitrogens is 1. The minimum Gasteiger partial charge on any atom is -0.483 e. The van der Waals surface area contributed by atoms with Gasteiger partial charge in [-0.25, -0.2) is 4.98 Å². The number of carbonyl (C=O) groups excluding carboxylic acids is 1. The second-order valence-corrected chi connectivity index (χ2v) is 2.48. The fraction of sp³-hybridized carbons (Fsp3) is 0.143. The average Bonchev–Trinajstić information content (AvgIpc) is 2.14. The molecule has 1 aromatic heterocycles. The van der Waals surface area contributed by atoms with Crippen LogP contribution in [0.25, 0.3) is 0 Å². The van der Waals surface area contributed by atoms with E-state index in [-0.39, 0.29) is 11.8 Å². The SMILES string of the molecule is O=NC(=O)COc1ccnc(Cl)c1. The third-order valence-corrected chi connectivity index (χ3v) is 1.37. The number of halogens is 1. The largest absolute Gasteiger partial charge is 0.483 e. The summed E-state index contributed by atoms with van der Waals surface area (Å²) in [6, 6.07) is 2.95. The summed E-state index contributed by atoms with van der Waals surface area (Å²) >= 11 is 5.53. The topological polar surface area (TPSA) is 68.6 Å². The van der Waals surface area contributed by atoms with Crippen molar-refractivity contribution in [2.75, 3.05) is 6.61 Å². The highest BCUT2D eigenvalue weighted by atomic mass is 35.5. The van der Waals surface area contributed by atoms with Gasteiger partial charge in [0.05, 0.1) is 0 Å². The minimum atomic E-state index is -0.868. The number of rotatable bonds is 3. The first kappa shape index (κ1) is 9.60. The summed E-state index contributed by atoms with van der Waals surface area (Å²) < 4.78 is 4.87. The van der Waals surface area contributed by atoms with Crippen LogP contribution in [0.1, 0.15) is 0 Å². The van der Waals surface area contributed by atoms with Gasteiger partial charge in [0.15, 0.2) is 6.61 Å². The quantitative estimate of drug-likeness (QED) is 0.546. The first-order valence-corrected chi connectivity index (χ1v) is 3.70. The zero-order valence-electron chi connectivity index (χ0n) is 6.44. The summed E-state index contributed by atoms with van der Waals surface area (Å²) in [5.74, 6) is -0.495. The monoisotopic (exact) mass is 200 g/mol. The van der Waals surface area contributed by atoms with Crippen LogP contribution >= 0.6 is 11.6 Å². The highest BCUT2D eigenvalue weighted by Gasteiger charge is 2.02. The molecule has 0 aromatic carbocycles. The van der Waals surface area contributed by atoms with Crippen molar-refractivity contribution >= 4 is 17.5 Å². The van der Waals surface area contributed by atoms with E-state index in [2.05, 4.69) is 10.2 Å². The third kappa shape index (κ3) is 3.16. The Bertz CT molecular complexity index is 329. The zero-order chi connectivity index (χ0) is 9.68. The standard InChI is InChI=1S/C7H5ClN2O3/c8-6-3-5(1-2-9-6)13-4-7(11)10-12/h1-3H,4H2. The molecule has 0 saturated heterocycles. The summed E-state index contributed by atoms with van der Waals surface area (Å²) in [5.41, 5.74) is 0. The van der Waals surface area contributed by atoms with Gasteiger partial charge >= 0.3 is 5.91 Å². The number of pyridine rings is 1. The van der Waals surface area contributed by atoms with E-state index in [0.29, 0.717) is 5.75 Å². The molecule has 0 radical (unpaired) electrons. The maximum atomic E-state index is 10.4. The van der Waals surface area contributed by atoms with Crippen molar-refractivity contribution in [3.8, 4) is 5.75 Å². The van der Waals surface area contributed by atoms with Crippen LogP contribution in [-0.4, -0.2) is 17.5 Å². The van der Waals surface area contributed by atoms with Gasteiger partial charge in [-0.2, -0.15) is 0 Å². The lowest BCUT2D eigenvalue weighted by atomic mass is 10.4. The number of hydrogen-bond acceptors (Lipinski definition) is 4. The summed E-state index contributed by atoms with van der Waals surface area (Å²) in [4.78, 5) is 23.8. The van der Waals surface area contributed by atoms with Gasteiger partial charge in [-0.05, 0) is 6.07 Å². The highest BCUT2D eigenvalue weighted by Crippen LogP contribution is 2.13. The lowest BCUT2D eigenvalue weighted by Crippen LogP contribution is -2.07. The van der Waals surface area contributed by atoms with Crippen LogP contribution in [-0.2, 0) is 4.79 Å². The van der Waals surface area contributed by atoms with Crippen molar-refractivity contribution in [2.45, 2.75) is 0 Å². The summed E-state index contributed by atoms with van der Waals surface area (Å²) in [5, 5.41) is 2.42. The Balaban J connectivity index is 2.54. The molecular formula is C7H5ClN2O3. The van der Waals surface area contributed by atoms with E-state index in [1.807, 2.05) is 0 Å². The minimum absolute atomic E-state index is 0.254. The average molecular weight is 201 g/mol.